The van der Waals surface area contributed by atoms with Crippen LogP contribution in [-0.4, -0.2) is 60.2 Å². The van der Waals surface area contributed by atoms with Gasteiger partial charge in [0.05, 0.1) is 6.07 Å². The molecule has 2 unspecified atom stereocenters. The van der Waals surface area contributed by atoms with E-state index in [1.807, 2.05) is 6.07 Å². The van der Waals surface area contributed by atoms with E-state index in [1.54, 1.807) is 0 Å². The van der Waals surface area contributed by atoms with E-state index in [9.17, 15) is 19.6 Å². The van der Waals surface area contributed by atoms with E-state index in [4.69, 9.17) is 0 Å². The van der Waals surface area contributed by atoms with Crippen LogP contribution >= 0.6 is 0 Å². The minimum atomic E-state index is -1.16. The fourth-order valence-corrected chi connectivity index (χ4v) is 2.40. The standard InChI is InChI=1S/C13H17N5O3/c1-17-10(8(7-14)12(20)18(2)13(17)21)16-9-5-3-4-6-15-11(9)19/h8-9H,3-6H2,1-2H3,(H,15,19). The molecule has 2 atom stereocenters. The molecule has 0 aromatic heterocycles. The second kappa shape index (κ2) is 5.91. The second-order valence-electron chi connectivity index (χ2n) is 5.09. The summed E-state index contributed by atoms with van der Waals surface area (Å²) in [5.74, 6) is -1.96. The van der Waals surface area contributed by atoms with Gasteiger partial charge in [-0.05, 0) is 19.3 Å². The number of carbonyl (C=O) groups is 3. The lowest BCUT2D eigenvalue weighted by Crippen LogP contribution is -2.57. The zero-order valence-corrected chi connectivity index (χ0v) is 12.0. The summed E-state index contributed by atoms with van der Waals surface area (Å²) in [4.78, 5) is 42.1. The number of amides is 4. The van der Waals surface area contributed by atoms with Crippen molar-refractivity contribution in [1.82, 2.24) is 15.1 Å². The fraction of sp³-hybridized carbons (Fsp3) is 0.615. The van der Waals surface area contributed by atoms with Crippen molar-refractivity contribution in [2.75, 3.05) is 20.6 Å². The van der Waals surface area contributed by atoms with E-state index >= 15 is 0 Å². The molecule has 112 valence electrons. The van der Waals surface area contributed by atoms with Gasteiger partial charge in [0.1, 0.15) is 11.9 Å². The van der Waals surface area contributed by atoms with Crippen molar-refractivity contribution in [1.29, 1.82) is 5.26 Å². The van der Waals surface area contributed by atoms with Crippen LogP contribution in [0.2, 0.25) is 0 Å². The molecule has 2 aliphatic heterocycles. The lowest BCUT2D eigenvalue weighted by atomic mass is 10.0. The lowest BCUT2D eigenvalue weighted by Gasteiger charge is -2.33. The number of rotatable bonds is 1. The van der Waals surface area contributed by atoms with Gasteiger partial charge < -0.3 is 5.32 Å². The summed E-state index contributed by atoms with van der Waals surface area (Å²) < 4.78 is 0. The maximum atomic E-state index is 12.0. The van der Waals surface area contributed by atoms with Crippen LogP contribution in [0, 0.1) is 17.2 Å². The second-order valence-corrected chi connectivity index (χ2v) is 5.09. The number of amidine groups is 1. The topological polar surface area (TPSA) is 106 Å². The van der Waals surface area contributed by atoms with Crippen LogP contribution in [0.1, 0.15) is 19.3 Å². The molecule has 0 aliphatic carbocycles. The molecule has 0 bridgehead atoms. The normalized spacial score (nSPS) is 29.2. The summed E-state index contributed by atoms with van der Waals surface area (Å²) in [6.45, 7) is 0.596. The van der Waals surface area contributed by atoms with Gasteiger partial charge in [-0.3, -0.25) is 24.4 Å². The highest BCUT2D eigenvalue weighted by atomic mass is 16.2. The van der Waals surface area contributed by atoms with E-state index in [2.05, 4.69) is 10.3 Å². The largest absolute Gasteiger partial charge is 0.354 e. The first-order valence-corrected chi connectivity index (χ1v) is 6.77. The van der Waals surface area contributed by atoms with Gasteiger partial charge in [0.25, 0.3) is 5.91 Å². The Morgan fingerprint density at radius 1 is 1.24 bits per heavy atom. The molecule has 2 saturated heterocycles. The molecule has 2 fully saturated rings. The monoisotopic (exact) mass is 291 g/mol. The number of urea groups is 1. The summed E-state index contributed by atoms with van der Waals surface area (Å²) in [6.07, 6.45) is 2.23. The third-order valence-corrected chi connectivity index (χ3v) is 3.68. The van der Waals surface area contributed by atoms with E-state index < -0.39 is 23.9 Å². The maximum absolute atomic E-state index is 12.0. The Morgan fingerprint density at radius 2 is 1.95 bits per heavy atom. The van der Waals surface area contributed by atoms with Crippen molar-refractivity contribution in [2.45, 2.75) is 25.3 Å². The third kappa shape index (κ3) is 2.72. The highest BCUT2D eigenvalue weighted by Crippen LogP contribution is 2.19. The highest BCUT2D eigenvalue weighted by Gasteiger charge is 2.41. The first-order chi connectivity index (χ1) is 9.97. The average Bonchev–Trinajstić information content (AvgIpc) is 2.68. The maximum Gasteiger partial charge on any atom is 0.331 e. The number of imide groups is 1. The predicted molar refractivity (Wildman–Crippen MR) is 73.1 cm³/mol. The summed E-state index contributed by atoms with van der Waals surface area (Å²) in [6, 6.07) is 0.639. The van der Waals surface area contributed by atoms with Crippen LogP contribution in [0.25, 0.3) is 0 Å². The molecule has 8 nitrogen and oxygen atoms in total. The molecular formula is C13H17N5O3. The Kier molecular flexibility index (Phi) is 4.21. The van der Waals surface area contributed by atoms with Crippen LogP contribution in [0.3, 0.4) is 0 Å². The molecule has 2 heterocycles. The Balaban J connectivity index is 2.36. The van der Waals surface area contributed by atoms with Crippen LogP contribution in [0.4, 0.5) is 4.79 Å². The van der Waals surface area contributed by atoms with Crippen molar-refractivity contribution < 1.29 is 14.4 Å². The molecule has 2 rings (SSSR count). The number of hydrogen-bond donors (Lipinski definition) is 1. The highest BCUT2D eigenvalue weighted by molar-refractivity contribution is 6.19. The molecule has 0 aromatic rings. The minimum absolute atomic E-state index is 0.0488. The quantitative estimate of drug-likeness (QED) is 0.717. The van der Waals surface area contributed by atoms with Crippen LogP contribution in [-0.2, 0) is 9.59 Å². The molecule has 8 heteroatoms. The van der Waals surface area contributed by atoms with Gasteiger partial charge in [-0.25, -0.2) is 4.79 Å². The molecule has 1 N–H and O–H groups in total. The number of nitrogens with zero attached hydrogens (tertiary/aromatic N) is 4. The third-order valence-electron chi connectivity index (χ3n) is 3.68. The van der Waals surface area contributed by atoms with Crippen molar-refractivity contribution in [2.24, 2.45) is 10.9 Å². The van der Waals surface area contributed by atoms with Gasteiger partial charge in [-0.2, -0.15) is 5.26 Å². The van der Waals surface area contributed by atoms with Gasteiger partial charge in [0.2, 0.25) is 5.91 Å². The Morgan fingerprint density at radius 3 is 2.62 bits per heavy atom. The minimum Gasteiger partial charge on any atom is -0.354 e. The first-order valence-electron chi connectivity index (χ1n) is 6.77. The van der Waals surface area contributed by atoms with Gasteiger partial charge in [0.15, 0.2) is 5.92 Å². The first kappa shape index (κ1) is 15.0. The number of nitriles is 1. The Labute approximate surface area is 122 Å². The summed E-state index contributed by atoms with van der Waals surface area (Å²) in [7, 11) is 2.77. The van der Waals surface area contributed by atoms with Gasteiger partial charge in [-0.15, -0.1) is 0 Å². The van der Waals surface area contributed by atoms with Crippen LogP contribution in [0.15, 0.2) is 4.99 Å². The SMILES string of the molecule is CN1C(=O)C(C#N)C(=NC2CCCCNC2=O)N(C)C1=O. The lowest BCUT2D eigenvalue weighted by molar-refractivity contribution is -0.129. The van der Waals surface area contributed by atoms with Crippen molar-refractivity contribution in [3.8, 4) is 6.07 Å². The van der Waals surface area contributed by atoms with E-state index in [1.165, 1.54) is 14.1 Å². The molecular weight excluding hydrogens is 274 g/mol. The van der Waals surface area contributed by atoms with Gasteiger partial charge in [0, 0.05) is 20.6 Å². The average molecular weight is 291 g/mol. The predicted octanol–water partition coefficient (Wildman–Crippen LogP) is -0.283. The van der Waals surface area contributed by atoms with Gasteiger partial charge in [-0.1, -0.05) is 0 Å². The Bertz CT molecular complexity index is 551. The molecule has 21 heavy (non-hydrogen) atoms. The summed E-state index contributed by atoms with van der Waals surface area (Å²) in [5, 5.41) is 11.9. The number of nitrogens with one attached hydrogen (secondary N) is 1. The molecule has 2 aliphatic rings. The zero-order chi connectivity index (χ0) is 15.6. The van der Waals surface area contributed by atoms with Crippen molar-refractivity contribution >= 4 is 23.7 Å². The number of hydrogen-bond acceptors (Lipinski definition) is 5. The van der Waals surface area contributed by atoms with Gasteiger partial charge >= 0.3 is 6.03 Å². The smallest absolute Gasteiger partial charge is 0.331 e. The van der Waals surface area contributed by atoms with E-state index in [-0.39, 0.29) is 11.7 Å². The number of carbonyl (C=O) groups excluding carboxylic acids is 3. The molecule has 4 amide bonds. The molecule has 0 radical (unpaired) electrons. The molecule has 0 aromatic carbocycles. The summed E-state index contributed by atoms with van der Waals surface area (Å²) in [5.41, 5.74) is 0. The fourth-order valence-electron chi connectivity index (χ4n) is 2.40. The summed E-state index contributed by atoms with van der Waals surface area (Å²) >= 11 is 0. The van der Waals surface area contributed by atoms with E-state index in [0.29, 0.717) is 13.0 Å². The Hall–Kier alpha value is -2.43. The van der Waals surface area contributed by atoms with E-state index in [0.717, 1.165) is 22.6 Å². The van der Waals surface area contributed by atoms with Crippen LogP contribution in [0.5, 0.6) is 0 Å². The molecule has 0 spiro atoms. The molecule has 0 saturated carbocycles. The van der Waals surface area contributed by atoms with Crippen molar-refractivity contribution in [3.63, 3.8) is 0 Å². The zero-order valence-electron chi connectivity index (χ0n) is 12.0. The van der Waals surface area contributed by atoms with Crippen molar-refractivity contribution in [3.05, 3.63) is 0 Å². The van der Waals surface area contributed by atoms with Crippen LogP contribution < -0.4 is 5.32 Å². The number of aliphatic imine (C=N–C) groups is 1.